The lowest BCUT2D eigenvalue weighted by Gasteiger charge is -2.03. The topological polar surface area (TPSA) is 72.2 Å². The van der Waals surface area contributed by atoms with E-state index in [9.17, 15) is 28.1 Å². The Morgan fingerprint density at radius 2 is 1.79 bits per heavy atom. The largest absolute Gasteiger partial charge is 0.349 e. The summed E-state index contributed by atoms with van der Waals surface area (Å²) in [6, 6.07) is 5.15. The number of hydrogen-bond donors (Lipinski definition) is 1. The van der Waals surface area contributed by atoms with Crippen molar-refractivity contribution in [2.75, 3.05) is 6.54 Å². The molecule has 0 heterocycles. The molecular weight excluding hydrogens is 265 g/mol. The first-order chi connectivity index (χ1) is 8.90. The van der Waals surface area contributed by atoms with E-state index in [4.69, 9.17) is 0 Å². The second-order valence-corrected chi connectivity index (χ2v) is 3.54. The average Bonchev–Trinajstić information content (AvgIpc) is 2.36. The van der Waals surface area contributed by atoms with Gasteiger partial charge < -0.3 is 5.32 Å². The summed E-state index contributed by atoms with van der Waals surface area (Å²) < 4.78 is 35.8. The first-order valence-electron chi connectivity index (χ1n) is 5.10. The molecule has 0 saturated carbocycles. The van der Waals surface area contributed by atoms with Gasteiger partial charge in [0.05, 0.1) is 17.9 Å². The highest BCUT2D eigenvalue weighted by Crippen LogP contribution is 2.12. The second-order valence-electron chi connectivity index (χ2n) is 3.54. The summed E-state index contributed by atoms with van der Waals surface area (Å²) in [5, 5.41) is 12.3. The van der Waals surface area contributed by atoms with Crippen LogP contribution >= 0.6 is 0 Å². The lowest BCUT2D eigenvalue weighted by Crippen LogP contribution is -2.26. The van der Waals surface area contributed by atoms with Crippen LogP contribution in [0, 0.1) is 10.1 Å². The van der Waals surface area contributed by atoms with E-state index >= 15 is 0 Å². The van der Waals surface area contributed by atoms with E-state index in [2.05, 4.69) is 0 Å². The highest BCUT2D eigenvalue weighted by molar-refractivity contribution is 5.78. The average molecular weight is 274 g/mol. The third kappa shape index (κ3) is 4.78. The van der Waals surface area contributed by atoms with Crippen molar-refractivity contribution in [3.05, 3.63) is 51.9 Å². The number of carbonyl (C=O) groups is 1. The third-order valence-corrected chi connectivity index (χ3v) is 2.16. The Kier molecular flexibility index (Phi) is 5.04. The highest BCUT2D eigenvalue weighted by atomic mass is 19.3. The Morgan fingerprint density at radius 3 is 2.26 bits per heavy atom. The van der Waals surface area contributed by atoms with E-state index in [0.717, 1.165) is 0 Å². The summed E-state index contributed by atoms with van der Waals surface area (Å²) in [6.45, 7) is -0.881. The molecule has 0 aromatic heterocycles. The molecule has 19 heavy (non-hydrogen) atoms. The fourth-order valence-electron chi connectivity index (χ4n) is 1.23. The van der Waals surface area contributed by atoms with Crippen molar-refractivity contribution >= 4 is 11.6 Å². The van der Waals surface area contributed by atoms with Gasteiger partial charge in [0.2, 0.25) is 5.91 Å². The molecule has 1 amide bonds. The van der Waals surface area contributed by atoms with E-state index in [-0.39, 0.29) is 12.1 Å². The van der Waals surface area contributed by atoms with Gasteiger partial charge in [-0.3, -0.25) is 14.9 Å². The smallest absolute Gasteiger partial charge is 0.303 e. The number of non-ortho nitro benzene ring substituents is 1. The van der Waals surface area contributed by atoms with Crippen LogP contribution in [0.15, 0.2) is 36.2 Å². The van der Waals surface area contributed by atoms with Crippen LogP contribution < -0.4 is 5.32 Å². The zero-order valence-electron chi connectivity index (χ0n) is 9.53. The fraction of sp³-hybridized carbons (Fsp3) is 0.182. The number of nitro benzene ring substituents is 1. The van der Waals surface area contributed by atoms with Crippen LogP contribution in [0.2, 0.25) is 0 Å². The van der Waals surface area contributed by atoms with Gasteiger partial charge in [0.1, 0.15) is 0 Å². The van der Waals surface area contributed by atoms with Crippen molar-refractivity contribution in [2.45, 2.75) is 6.42 Å². The minimum atomic E-state index is -2.48. The summed E-state index contributed by atoms with van der Waals surface area (Å²) in [7, 11) is 0. The van der Waals surface area contributed by atoms with Crippen LogP contribution in [0.25, 0.3) is 0 Å². The molecule has 0 bridgehead atoms. The maximum Gasteiger partial charge on any atom is 0.303 e. The molecule has 0 unspecified atom stereocenters. The van der Waals surface area contributed by atoms with E-state index in [0.29, 0.717) is 5.56 Å². The summed E-state index contributed by atoms with van der Waals surface area (Å²) >= 11 is 0. The number of amides is 1. The Hall–Kier alpha value is -2.38. The van der Waals surface area contributed by atoms with Crippen molar-refractivity contribution in [3.8, 4) is 0 Å². The summed E-state index contributed by atoms with van der Waals surface area (Å²) in [5.41, 5.74) is 0.325. The highest BCUT2D eigenvalue weighted by Gasteiger charge is 2.09. The molecule has 0 aliphatic heterocycles. The molecule has 0 fully saturated rings. The number of hydrogen-bond acceptors (Lipinski definition) is 3. The molecule has 0 radical (unpaired) electrons. The molecule has 102 valence electrons. The molecule has 0 saturated heterocycles. The van der Waals surface area contributed by atoms with Crippen LogP contribution in [0.4, 0.5) is 18.9 Å². The predicted molar refractivity (Wildman–Crippen MR) is 60.2 cm³/mol. The van der Waals surface area contributed by atoms with Crippen molar-refractivity contribution in [2.24, 2.45) is 0 Å². The molecule has 0 atom stereocenters. The van der Waals surface area contributed by atoms with Crippen LogP contribution in [-0.4, -0.2) is 17.4 Å². The van der Waals surface area contributed by atoms with E-state index in [1.54, 1.807) is 0 Å². The van der Waals surface area contributed by atoms with Gasteiger partial charge in [-0.25, -0.2) is 4.39 Å². The number of rotatable bonds is 5. The normalized spacial score (nSPS) is 9.84. The Bertz CT molecular complexity index is 510. The van der Waals surface area contributed by atoms with E-state index in [1.807, 2.05) is 5.32 Å². The number of halogens is 3. The molecule has 8 heteroatoms. The van der Waals surface area contributed by atoms with Crippen molar-refractivity contribution in [3.63, 3.8) is 0 Å². The number of carbonyl (C=O) groups excluding carboxylic acids is 1. The number of benzene rings is 1. The molecule has 1 N–H and O–H groups in total. The molecule has 0 aliphatic carbocycles. The first-order valence-corrected chi connectivity index (χ1v) is 5.10. The molecule has 1 aromatic carbocycles. The van der Waals surface area contributed by atoms with Gasteiger partial charge in [0.15, 0.2) is 5.83 Å². The zero-order chi connectivity index (χ0) is 14.4. The van der Waals surface area contributed by atoms with Crippen LogP contribution in [0.1, 0.15) is 5.56 Å². The van der Waals surface area contributed by atoms with Gasteiger partial charge in [-0.2, -0.15) is 8.78 Å². The molecule has 1 aromatic rings. The quantitative estimate of drug-likeness (QED) is 0.661. The molecule has 0 spiro atoms. The van der Waals surface area contributed by atoms with Crippen molar-refractivity contribution in [1.29, 1.82) is 0 Å². The van der Waals surface area contributed by atoms with E-state index < -0.39 is 29.3 Å². The number of nitrogens with zero attached hydrogens (tertiary/aromatic N) is 1. The maximum atomic E-state index is 12.4. The lowest BCUT2D eigenvalue weighted by molar-refractivity contribution is -0.384. The summed E-state index contributed by atoms with van der Waals surface area (Å²) in [5.74, 6) is -2.36. The van der Waals surface area contributed by atoms with Gasteiger partial charge in [-0.05, 0) is 5.56 Å². The maximum absolute atomic E-state index is 12.4. The molecule has 5 nitrogen and oxygen atoms in total. The SMILES string of the molecule is O=C(Cc1ccc([N+](=O)[O-])cc1)NCC(F)=C(F)F. The lowest BCUT2D eigenvalue weighted by atomic mass is 10.1. The standard InChI is InChI=1S/C11H9F3N2O3/c12-9(11(13)14)6-15-10(17)5-7-1-3-8(4-2-7)16(18)19/h1-4H,5-6H2,(H,15,17). The van der Waals surface area contributed by atoms with Crippen LogP contribution in [0.5, 0.6) is 0 Å². The van der Waals surface area contributed by atoms with E-state index in [1.165, 1.54) is 24.3 Å². The third-order valence-electron chi connectivity index (χ3n) is 2.16. The molecule has 0 aliphatic rings. The predicted octanol–water partition coefficient (Wildman–Crippen LogP) is 2.33. The number of nitrogens with one attached hydrogen (secondary N) is 1. The van der Waals surface area contributed by atoms with Gasteiger partial charge >= 0.3 is 6.08 Å². The zero-order valence-corrected chi connectivity index (χ0v) is 9.53. The molecule has 1 rings (SSSR count). The summed E-state index contributed by atoms with van der Waals surface area (Å²) in [4.78, 5) is 21.1. The minimum Gasteiger partial charge on any atom is -0.349 e. The monoisotopic (exact) mass is 274 g/mol. The van der Waals surface area contributed by atoms with Gasteiger partial charge in [0.25, 0.3) is 5.69 Å². The van der Waals surface area contributed by atoms with Gasteiger partial charge in [-0.15, -0.1) is 0 Å². The molecular formula is C11H9F3N2O3. The Labute approximate surface area is 105 Å². The van der Waals surface area contributed by atoms with Gasteiger partial charge in [0, 0.05) is 12.1 Å². The fourth-order valence-corrected chi connectivity index (χ4v) is 1.23. The number of nitro groups is 1. The van der Waals surface area contributed by atoms with Crippen LogP contribution in [-0.2, 0) is 11.2 Å². The first kappa shape index (κ1) is 14.7. The summed E-state index contributed by atoms with van der Waals surface area (Å²) in [6.07, 6.45) is -2.66. The Morgan fingerprint density at radius 1 is 1.21 bits per heavy atom. The Balaban J connectivity index is 2.53. The van der Waals surface area contributed by atoms with Crippen LogP contribution in [0.3, 0.4) is 0 Å². The van der Waals surface area contributed by atoms with Crippen molar-refractivity contribution in [1.82, 2.24) is 5.32 Å². The minimum absolute atomic E-state index is 0.127. The van der Waals surface area contributed by atoms with Crippen molar-refractivity contribution < 1.29 is 22.9 Å². The van der Waals surface area contributed by atoms with Gasteiger partial charge in [-0.1, -0.05) is 12.1 Å². The second kappa shape index (κ2) is 6.53.